The number of hydrogen-bond acceptors (Lipinski definition) is 1. The van der Waals surface area contributed by atoms with Crippen LogP contribution in [0.4, 0.5) is 0 Å². The Morgan fingerprint density at radius 3 is 1.46 bits per heavy atom. The maximum atomic E-state index is 14.1. The molecule has 1 atom stereocenters. The second kappa shape index (κ2) is 11.1. The Labute approximate surface area is 219 Å². The number of aryl methyl sites for hydroxylation is 1. The molecule has 0 saturated heterocycles. The zero-order valence-corrected chi connectivity index (χ0v) is 21.0. The van der Waals surface area contributed by atoms with Crippen molar-refractivity contribution >= 4 is 5.91 Å². The molecule has 0 aliphatic rings. The zero-order chi connectivity index (χ0) is 25.5. The molecule has 0 saturated carbocycles. The van der Waals surface area contributed by atoms with Crippen molar-refractivity contribution in [3.8, 4) is 0 Å². The maximum Gasteiger partial charge on any atom is 0.222 e. The highest BCUT2D eigenvalue weighted by Crippen LogP contribution is 2.42. The van der Waals surface area contributed by atoms with Gasteiger partial charge in [0.25, 0.3) is 0 Å². The Morgan fingerprint density at radius 1 is 0.595 bits per heavy atom. The van der Waals surface area contributed by atoms with Crippen LogP contribution in [-0.2, 0) is 10.2 Å². The van der Waals surface area contributed by atoms with Gasteiger partial charge in [-0.2, -0.15) is 0 Å². The van der Waals surface area contributed by atoms with Crippen molar-refractivity contribution < 1.29 is 4.79 Å². The van der Waals surface area contributed by atoms with E-state index in [1.165, 1.54) is 0 Å². The summed E-state index contributed by atoms with van der Waals surface area (Å²) in [5, 5.41) is 3.42. The first kappa shape index (κ1) is 24.3. The predicted octanol–water partition coefficient (Wildman–Crippen LogP) is 7.63. The molecule has 1 N–H and O–H groups in total. The van der Waals surface area contributed by atoms with Gasteiger partial charge < -0.3 is 5.32 Å². The smallest absolute Gasteiger partial charge is 0.222 e. The molecule has 0 bridgehead atoms. The topological polar surface area (TPSA) is 29.1 Å². The predicted molar refractivity (Wildman–Crippen MR) is 151 cm³/mol. The van der Waals surface area contributed by atoms with E-state index in [1.807, 2.05) is 84.9 Å². The standard InChI is InChI=1S/C35H31NO/c1-27-16-14-15-25-32(27)34(28-17-6-2-7-18-28)36-33(37)26-35(29-19-8-3-9-20-29,30-21-10-4-11-22-30)31-23-12-5-13-24-31/h2-25,34H,26H2,1H3,(H,36,37). The summed E-state index contributed by atoms with van der Waals surface area (Å²) in [5.41, 5.74) is 5.96. The van der Waals surface area contributed by atoms with Crippen molar-refractivity contribution in [2.45, 2.75) is 24.8 Å². The van der Waals surface area contributed by atoms with Gasteiger partial charge in [0, 0.05) is 6.42 Å². The summed E-state index contributed by atoms with van der Waals surface area (Å²) in [7, 11) is 0. The lowest BCUT2D eigenvalue weighted by atomic mass is 9.67. The molecule has 5 rings (SSSR count). The average Bonchev–Trinajstić information content (AvgIpc) is 2.97. The molecule has 2 nitrogen and oxygen atoms in total. The van der Waals surface area contributed by atoms with Gasteiger partial charge in [-0.1, -0.05) is 146 Å². The lowest BCUT2D eigenvalue weighted by Gasteiger charge is -2.36. The molecule has 182 valence electrons. The lowest BCUT2D eigenvalue weighted by molar-refractivity contribution is -0.122. The SMILES string of the molecule is Cc1ccccc1C(NC(=O)CC(c1ccccc1)(c1ccccc1)c1ccccc1)c1ccccc1. The Kier molecular flexibility index (Phi) is 7.28. The van der Waals surface area contributed by atoms with Gasteiger partial charge in [-0.25, -0.2) is 0 Å². The summed E-state index contributed by atoms with van der Waals surface area (Å²) in [5.74, 6) is -0.00587. The minimum Gasteiger partial charge on any atom is -0.345 e. The van der Waals surface area contributed by atoms with E-state index in [2.05, 4.69) is 72.9 Å². The normalized spacial score (nSPS) is 12.0. The molecular weight excluding hydrogens is 450 g/mol. The second-order valence-corrected chi connectivity index (χ2v) is 9.45. The van der Waals surface area contributed by atoms with E-state index in [-0.39, 0.29) is 18.4 Å². The van der Waals surface area contributed by atoms with Crippen molar-refractivity contribution in [2.75, 3.05) is 0 Å². The molecule has 2 heteroatoms. The minimum absolute atomic E-state index is 0.00587. The van der Waals surface area contributed by atoms with E-state index in [0.29, 0.717) is 0 Å². The van der Waals surface area contributed by atoms with Gasteiger partial charge >= 0.3 is 0 Å². The Morgan fingerprint density at radius 2 is 1.00 bits per heavy atom. The number of nitrogens with one attached hydrogen (secondary N) is 1. The highest BCUT2D eigenvalue weighted by atomic mass is 16.1. The number of rotatable bonds is 8. The van der Waals surface area contributed by atoms with Gasteiger partial charge in [-0.3, -0.25) is 4.79 Å². The minimum atomic E-state index is -0.638. The molecule has 1 unspecified atom stereocenters. The third kappa shape index (κ3) is 5.10. The molecule has 0 fully saturated rings. The average molecular weight is 482 g/mol. The Bertz CT molecular complexity index is 1330. The van der Waals surface area contributed by atoms with Crippen LogP contribution in [-0.4, -0.2) is 5.91 Å². The van der Waals surface area contributed by atoms with Crippen LogP contribution in [0.2, 0.25) is 0 Å². The van der Waals surface area contributed by atoms with Crippen molar-refractivity contribution in [1.29, 1.82) is 0 Å². The van der Waals surface area contributed by atoms with E-state index >= 15 is 0 Å². The number of carbonyl (C=O) groups is 1. The van der Waals surface area contributed by atoms with Crippen LogP contribution in [0, 0.1) is 6.92 Å². The molecular formula is C35H31NO. The maximum absolute atomic E-state index is 14.1. The summed E-state index contributed by atoms with van der Waals surface area (Å²) in [6, 6.07) is 49.4. The van der Waals surface area contributed by atoms with Gasteiger partial charge in [0.1, 0.15) is 0 Å². The van der Waals surface area contributed by atoms with E-state index in [9.17, 15) is 4.79 Å². The molecule has 0 spiro atoms. The molecule has 0 aromatic heterocycles. The fourth-order valence-electron chi connectivity index (χ4n) is 5.32. The van der Waals surface area contributed by atoms with Crippen LogP contribution >= 0.6 is 0 Å². The fraction of sp³-hybridized carbons (Fsp3) is 0.114. The highest BCUT2D eigenvalue weighted by molar-refractivity contribution is 5.81. The van der Waals surface area contributed by atoms with Crippen molar-refractivity contribution in [3.05, 3.63) is 179 Å². The molecule has 0 radical (unpaired) electrons. The van der Waals surface area contributed by atoms with E-state index < -0.39 is 5.41 Å². The van der Waals surface area contributed by atoms with Gasteiger partial charge in [0.05, 0.1) is 11.5 Å². The molecule has 0 aliphatic carbocycles. The third-order valence-electron chi connectivity index (χ3n) is 7.16. The fourth-order valence-corrected chi connectivity index (χ4v) is 5.32. The molecule has 0 aliphatic heterocycles. The first-order chi connectivity index (χ1) is 18.2. The van der Waals surface area contributed by atoms with Crippen LogP contribution in [0.5, 0.6) is 0 Å². The summed E-state index contributed by atoms with van der Waals surface area (Å²) < 4.78 is 0. The van der Waals surface area contributed by atoms with Crippen LogP contribution in [0.3, 0.4) is 0 Å². The number of carbonyl (C=O) groups excluding carboxylic acids is 1. The van der Waals surface area contributed by atoms with E-state index in [4.69, 9.17) is 0 Å². The van der Waals surface area contributed by atoms with Crippen molar-refractivity contribution in [1.82, 2.24) is 5.32 Å². The number of benzene rings is 5. The monoisotopic (exact) mass is 481 g/mol. The second-order valence-electron chi connectivity index (χ2n) is 9.45. The van der Waals surface area contributed by atoms with Crippen LogP contribution < -0.4 is 5.32 Å². The molecule has 1 amide bonds. The quantitative estimate of drug-likeness (QED) is 0.227. The largest absolute Gasteiger partial charge is 0.345 e. The van der Waals surface area contributed by atoms with Crippen LogP contribution in [0.1, 0.15) is 45.8 Å². The Balaban J connectivity index is 1.61. The van der Waals surface area contributed by atoms with E-state index in [0.717, 1.165) is 33.4 Å². The summed E-state index contributed by atoms with van der Waals surface area (Å²) in [6.45, 7) is 2.10. The van der Waals surface area contributed by atoms with Gasteiger partial charge in [0.15, 0.2) is 0 Å². The first-order valence-electron chi connectivity index (χ1n) is 12.7. The molecule has 37 heavy (non-hydrogen) atoms. The number of amides is 1. The Hall–Kier alpha value is -4.43. The highest BCUT2D eigenvalue weighted by Gasteiger charge is 2.39. The molecule has 5 aromatic carbocycles. The van der Waals surface area contributed by atoms with E-state index in [1.54, 1.807) is 0 Å². The van der Waals surface area contributed by atoms with Crippen molar-refractivity contribution in [3.63, 3.8) is 0 Å². The molecule has 0 heterocycles. The van der Waals surface area contributed by atoms with Crippen LogP contribution in [0.25, 0.3) is 0 Å². The van der Waals surface area contributed by atoms with Gasteiger partial charge in [-0.05, 0) is 40.3 Å². The van der Waals surface area contributed by atoms with Crippen LogP contribution in [0.15, 0.2) is 146 Å². The zero-order valence-electron chi connectivity index (χ0n) is 21.0. The summed E-state index contributed by atoms with van der Waals surface area (Å²) >= 11 is 0. The molecule has 5 aromatic rings. The summed E-state index contributed by atoms with van der Waals surface area (Å²) in [4.78, 5) is 14.1. The lowest BCUT2D eigenvalue weighted by Crippen LogP contribution is -2.38. The van der Waals surface area contributed by atoms with Gasteiger partial charge in [-0.15, -0.1) is 0 Å². The first-order valence-corrected chi connectivity index (χ1v) is 12.7. The van der Waals surface area contributed by atoms with Crippen molar-refractivity contribution in [2.24, 2.45) is 0 Å². The number of hydrogen-bond donors (Lipinski definition) is 1. The third-order valence-corrected chi connectivity index (χ3v) is 7.16. The van der Waals surface area contributed by atoms with Gasteiger partial charge in [0.2, 0.25) is 5.91 Å². The summed E-state index contributed by atoms with van der Waals surface area (Å²) in [6.07, 6.45) is 0.278.